The van der Waals surface area contributed by atoms with Crippen molar-refractivity contribution in [1.82, 2.24) is 5.32 Å². The zero-order chi connectivity index (χ0) is 14.5. The normalized spacial score (nSPS) is 13.1. The number of carbonyl (C=O) groups excluding carboxylic acids is 1. The Labute approximate surface area is 145 Å². The van der Waals surface area contributed by atoms with Crippen LogP contribution < -0.4 is 15.5 Å². The molecule has 6 heteroatoms. The van der Waals surface area contributed by atoms with Gasteiger partial charge in [-0.25, -0.2) is 0 Å². The van der Waals surface area contributed by atoms with Gasteiger partial charge in [-0.05, 0) is 57.4 Å². The van der Waals surface area contributed by atoms with E-state index in [0.717, 1.165) is 23.8 Å². The molecule has 1 amide bonds. The standard InChI is InChI=1S/C16H25N3O.2ClH/c1-12(2)19(3)15-6-4-5-14(9-15)18-16(20)11-17-10-13-7-8-13;;/h4-6,9,12-13,17H,7-8,10-11H2,1-3H3,(H,18,20);2*1H. The molecule has 0 unspecified atom stereocenters. The summed E-state index contributed by atoms with van der Waals surface area (Å²) in [7, 11) is 2.06. The van der Waals surface area contributed by atoms with E-state index < -0.39 is 0 Å². The van der Waals surface area contributed by atoms with Crippen LogP contribution in [-0.4, -0.2) is 32.1 Å². The summed E-state index contributed by atoms with van der Waals surface area (Å²) in [6.45, 7) is 5.64. The van der Waals surface area contributed by atoms with Crippen molar-refractivity contribution in [3.63, 3.8) is 0 Å². The van der Waals surface area contributed by atoms with E-state index in [4.69, 9.17) is 0 Å². The minimum atomic E-state index is 0. The molecule has 1 aromatic carbocycles. The topological polar surface area (TPSA) is 44.4 Å². The summed E-state index contributed by atoms with van der Waals surface area (Å²) in [5, 5.41) is 6.14. The van der Waals surface area contributed by atoms with Crippen molar-refractivity contribution in [3.05, 3.63) is 24.3 Å². The van der Waals surface area contributed by atoms with Gasteiger partial charge in [0.2, 0.25) is 5.91 Å². The molecule has 126 valence electrons. The van der Waals surface area contributed by atoms with Crippen LogP contribution in [0.4, 0.5) is 11.4 Å². The maximum Gasteiger partial charge on any atom is 0.238 e. The Balaban J connectivity index is 0.00000220. The Morgan fingerprint density at radius 2 is 2.00 bits per heavy atom. The van der Waals surface area contributed by atoms with Gasteiger partial charge in [-0.15, -0.1) is 24.8 Å². The Hall–Kier alpha value is -0.970. The summed E-state index contributed by atoms with van der Waals surface area (Å²) >= 11 is 0. The third-order valence-electron chi connectivity index (χ3n) is 3.73. The number of halogens is 2. The Morgan fingerprint density at radius 1 is 1.32 bits per heavy atom. The SMILES string of the molecule is CC(C)N(C)c1cccc(NC(=O)CNCC2CC2)c1.Cl.Cl. The molecule has 1 aliphatic carbocycles. The number of benzene rings is 1. The van der Waals surface area contributed by atoms with Crippen LogP contribution in [0.5, 0.6) is 0 Å². The van der Waals surface area contributed by atoms with Crippen LogP contribution in [0.2, 0.25) is 0 Å². The molecule has 22 heavy (non-hydrogen) atoms. The predicted octanol–water partition coefficient (Wildman–Crippen LogP) is 3.31. The van der Waals surface area contributed by atoms with Crippen molar-refractivity contribution in [2.45, 2.75) is 32.7 Å². The molecule has 1 aliphatic rings. The molecule has 0 spiro atoms. The average Bonchev–Trinajstić information content (AvgIpc) is 3.22. The fraction of sp³-hybridized carbons (Fsp3) is 0.562. The quantitative estimate of drug-likeness (QED) is 0.795. The second kappa shape index (κ2) is 9.93. The number of nitrogens with one attached hydrogen (secondary N) is 2. The molecule has 0 aromatic heterocycles. The van der Waals surface area contributed by atoms with Crippen molar-refractivity contribution in [1.29, 1.82) is 0 Å². The van der Waals surface area contributed by atoms with Gasteiger partial charge in [0.25, 0.3) is 0 Å². The van der Waals surface area contributed by atoms with Crippen molar-refractivity contribution >= 4 is 42.1 Å². The van der Waals surface area contributed by atoms with E-state index in [1.165, 1.54) is 12.8 Å². The molecule has 2 rings (SSSR count). The highest BCUT2D eigenvalue weighted by molar-refractivity contribution is 5.92. The highest BCUT2D eigenvalue weighted by atomic mass is 35.5. The minimum absolute atomic E-state index is 0. The first-order valence-corrected chi connectivity index (χ1v) is 7.39. The lowest BCUT2D eigenvalue weighted by Crippen LogP contribution is -2.29. The van der Waals surface area contributed by atoms with Crippen molar-refractivity contribution in [2.24, 2.45) is 5.92 Å². The summed E-state index contributed by atoms with van der Waals surface area (Å²) in [5.41, 5.74) is 1.97. The first-order valence-electron chi connectivity index (χ1n) is 7.39. The second-order valence-corrected chi connectivity index (χ2v) is 5.88. The fourth-order valence-electron chi connectivity index (χ4n) is 2.02. The molecular formula is C16H27Cl2N3O. The molecule has 0 bridgehead atoms. The molecule has 1 aromatic rings. The van der Waals surface area contributed by atoms with E-state index in [1.807, 2.05) is 18.2 Å². The fourth-order valence-corrected chi connectivity index (χ4v) is 2.02. The smallest absolute Gasteiger partial charge is 0.238 e. The molecule has 1 fully saturated rings. The Morgan fingerprint density at radius 3 is 2.59 bits per heavy atom. The molecule has 0 heterocycles. The first-order chi connectivity index (χ1) is 9.56. The summed E-state index contributed by atoms with van der Waals surface area (Å²) < 4.78 is 0. The molecule has 0 radical (unpaired) electrons. The van der Waals surface area contributed by atoms with Crippen LogP contribution in [0, 0.1) is 5.92 Å². The second-order valence-electron chi connectivity index (χ2n) is 5.88. The van der Waals surface area contributed by atoms with Crippen LogP contribution in [0.25, 0.3) is 0 Å². The van der Waals surface area contributed by atoms with Gasteiger partial charge in [-0.2, -0.15) is 0 Å². The third-order valence-corrected chi connectivity index (χ3v) is 3.73. The van der Waals surface area contributed by atoms with Gasteiger partial charge >= 0.3 is 0 Å². The maximum absolute atomic E-state index is 11.8. The Bertz CT molecular complexity index is 464. The van der Waals surface area contributed by atoms with Crippen LogP contribution in [0.3, 0.4) is 0 Å². The number of nitrogens with zero attached hydrogens (tertiary/aromatic N) is 1. The summed E-state index contributed by atoms with van der Waals surface area (Å²) in [6.07, 6.45) is 2.61. The molecule has 4 nitrogen and oxygen atoms in total. The largest absolute Gasteiger partial charge is 0.372 e. The van der Waals surface area contributed by atoms with Gasteiger partial charge in [0.1, 0.15) is 0 Å². The van der Waals surface area contributed by atoms with Gasteiger partial charge < -0.3 is 15.5 Å². The van der Waals surface area contributed by atoms with Gasteiger partial charge in [0.15, 0.2) is 0 Å². The summed E-state index contributed by atoms with van der Waals surface area (Å²) in [5.74, 6) is 0.820. The zero-order valence-electron chi connectivity index (χ0n) is 13.5. The van der Waals surface area contributed by atoms with Crippen LogP contribution in [-0.2, 0) is 4.79 Å². The van der Waals surface area contributed by atoms with Gasteiger partial charge in [-0.3, -0.25) is 4.79 Å². The van der Waals surface area contributed by atoms with E-state index in [0.29, 0.717) is 12.6 Å². The molecule has 0 saturated heterocycles. The van der Waals surface area contributed by atoms with Crippen molar-refractivity contribution < 1.29 is 4.79 Å². The lowest BCUT2D eigenvalue weighted by Gasteiger charge is -2.24. The molecule has 1 saturated carbocycles. The number of hydrogen-bond donors (Lipinski definition) is 2. The number of amides is 1. The third kappa shape index (κ3) is 6.86. The van der Waals surface area contributed by atoms with Gasteiger partial charge in [-0.1, -0.05) is 6.07 Å². The van der Waals surface area contributed by atoms with E-state index in [-0.39, 0.29) is 30.7 Å². The zero-order valence-corrected chi connectivity index (χ0v) is 15.1. The molecular weight excluding hydrogens is 321 g/mol. The number of rotatable bonds is 7. The Kier molecular flexibility index (Phi) is 9.49. The predicted molar refractivity (Wildman–Crippen MR) is 98.7 cm³/mol. The lowest BCUT2D eigenvalue weighted by molar-refractivity contribution is -0.115. The van der Waals surface area contributed by atoms with E-state index >= 15 is 0 Å². The summed E-state index contributed by atoms with van der Waals surface area (Å²) in [6, 6.07) is 8.40. The molecule has 0 atom stereocenters. The van der Waals surface area contributed by atoms with E-state index in [9.17, 15) is 4.79 Å². The van der Waals surface area contributed by atoms with Crippen LogP contribution in [0.1, 0.15) is 26.7 Å². The highest BCUT2D eigenvalue weighted by Crippen LogP contribution is 2.27. The minimum Gasteiger partial charge on any atom is -0.372 e. The van der Waals surface area contributed by atoms with Gasteiger partial charge in [0, 0.05) is 24.5 Å². The summed E-state index contributed by atoms with van der Waals surface area (Å²) in [4.78, 5) is 14.0. The monoisotopic (exact) mass is 347 g/mol. The van der Waals surface area contributed by atoms with Crippen LogP contribution >= 0.6 is 24.8 Å². The van der Waals surface area contributed by atoms with Crippen LogP contribution in [0.15, 0.2) is 24.3 Å². The number of anilines is 2. The first kappa shape index (κ1) is 21.0. The number of hydrogen-bond acceptors (Lipinski definition) is 3. The molecule has 0 aliphatic heterocycles. The van der Waals surface area contributed by atoms with Crippen molar-refractivity contribution in [2.75, 3.05) is 30.4 Å². The van der Waals surface area contributed by atoms with Crippen molar-refractivity contribution in [3.8, 4) is 0 Å². The molecule has 2 N–H and O–H groups in total. The maximum atomic E-state index is 11.8. The van der Waals surface area contributed by atoms with Gasteiger partial charge in [0.05, 0.1) is 6.54 Å². The van der Waals surface area contributed by atoms with E-state index in [1.54, 1.807) is 0 Å². The van der Waals surface area contributed by atoms with E-state index in [2.05, 4.69) is 42.5 Å². The highest BCUT2D eigenvalue weighted by Gasteiger charge is 2.20. The number of carbonyl (C=O) groups is 1. The lowest BCUT2D eigenvalue weighted by atomic mass is 10.2. The average molecular weight is 348 g/mol.